The Morgan fingerprint density at radius 2 is 1.71 bits per heavy atom. The molecule has 0 spiro atoms. The highest BCUT2D eigenvalue weighted by Gasteiger charge is 2.27. The molecule has 1 aliphatic rings. The Balaban J connectivity index is 1.20. The highest BCUT2D eigenvalue weighted by atomic mass is 19.1. The number of benzene rings is 2. The van der Waals surface area contributed by atoms with Gasteiger partial charge in [-0.05, 0) is 50.2 Å². The second-order valence-corrected chi connectivity index (χ2v) is 10.7. The lowest BCUT2D eigenvalue weighted by atomic mass is 10.2. The number of nitrogens with zero attached hydrogens (tertiary/aromatic N) is 6. The third-order valence-electron chi connectivity index (χ3n) is 7.53. The molecule has 0 saturated carbocycles. The first-order valence-corrected chi connectivity index (χ1v) is 14.2. The molecule has 1 fully saturated rings. The molecule has 6 rings (SSSR count). The SMILES string of the molecule is CC(C)N1CCN(C(=O)c2[nH]nc3nccc(Oc4ccc(NC(=O)c5nccn(-c6ccc(F)cc6)c5=O)cc4F)c23)CC1. The largest absolute Gasteiger partial charge is 0.453 e. The summed E-state index contributed by atoms with van der Waals surface area (Å²) in [4.78, 5) is 51.4. The highest BCUT2D eigenvalue weighted by Crippen LogP contribution is 2.33. The third kappa shape index (κ3) is 5.99. The number of H-pyrrole nitrogens is 1. The Kier molecular flexibility index (Phi) is 8.04. The molecule has 3 aromatic heterocycles. The predicted octanol–water partition coefficient (Wildman–Crippen LogP) is 3.99. The van der Waals surface area contributed by atoms with Gasteiger partial charge in [-0.2, -0.15) is 5.10 Å². The van der Waals surface area contributed by atoms with Gasteiger partial charge in [-0.15, -0.1) is 0 Å². The maximum Gasteiger partial charge on any atom is 0.286 e. The normalized spacial score (nSPS) is 13.8. The van der Waals surface area contributed by atoms with Gasteiger partial charge >= 0.3 is 0 Å². The fraction of sp³-hybridized carbons (Fsp3) is 0.226. The molecule has 2 N–H and O–H groups in total. The van der Waals surface area contributed by atoms with Crippen LogP contribution in [0.25, 0.3) is 16.7 Å². The molecule has 0 radical (unpaired) electrons. The number of pyridine rings is 1. The van der Waals surface area contributed by atoms with Crippen molar-refractivity contribution in [2.24, 2.45) is 0 Å². The molecule has 230 valence electrons. The van der Waals surface area contributed by atoms with Crippen LogP contribution in [-0.2, 0) is 0 Å². The number of rotatable bonds is 7. The van der Waals surface area contributed by atoms with E-state index in [1.807, 2.05) is 0 Å². The lowest BCUT2D eigenvalue weighted by Gasteiger charge is -2.36. The van der Waals surface area contributed by atoms with Crippen LogP contribution in [0, 0.1) is 11.6 Å². The number of anilines is 1. The summed E-state index contributed by atoms with van der Waals surface area (Å²) in [5.74, 6) is -2.42. The van der Waals surface area contributed by atoms with E-state index in [4.69, 9.17) is 4.74 Å². The Morgan fingerprint density at radius 1 is 0.956 bits per heavy atom. The lowest BCUT2D eigenvalue weighted by molar-refractivity contribution is 0.0591. The number of carbonyl (C=O) groups is 2. The Hall–Kier alpha value is -5.50. The van der Waals surface area contributed by atoms with E-state index in [1.54, 1.807) is 4.90 Å². The zero-order chi connectivity index (χ0) is 31.7. The number of fused-ring (bicyclic) bond motifs is 1. The van der Waals surface area contributed by atoms with Crippen molar-refractivity contribution >= 4 is 28.5 Å². The summed E-state index contributed by atoms with van der Waals surface area (Å²) in [5.41, 5.74) is -0.366. The number of aromatic nitrogens is 5. The van der Waals surface area contributed by atoms with E-state index in [0.717, 1.165) is 23.7 Å². The van der Waals surface area contributed by atoms with Crippen molar-refractivity contribution in [2.45, 2.75) is 19.9 Å². The van der Waals surface area contributed by atoms with Crippen molar-refractivity contribution < 1.29 is 23.1 Å². The highest BCUT2D eigenvalue weighted by molar-refractivity contribution is 6.06. The van der Waals surface area contributed by atoms with E-state index in [9.17, 15) is 18.8 Å². The molecule has 1 aliphatic heterocycles. The molecule has 0 atom stereocenters. The summed E-state index contributed by atoms with van der Waals surface area (Å²) >= 11 is 0. The fourth-order valence-corrected chi connectivity index (χ4v) is 5.10. The van der Waals surface area contributed by atoms with Gasteiger partial charge in [0.15, 0.2) is 22.9 Å². The Labute approximate surface area is 255 Å². The molecule has 2 amide bonds. The zero-order valence-corrected chi connectivity index (χ0v) is 24.3. The van der Waals surface area contributed by atoms with E-state index in [-0.39, 0.29) is 34.4 Å². The van der Waals surface area contributed by atoms with Gasteiger partial charge in [-0.1, -0.05) is 0 Å². The summed E-state index contributed by atoms with van der Waals surface area (Å²) in [6, 6.07) is 10.8. The molecule has 4 heterocycles. The molecule has 14 heteroatoms. The van der Waals surface area contributed by atoms with E-state index < -0.39 is 28.8 Å². The second kappa shape index (κ2) is 12.2. The van der Waals surface area contributed by atoms with Crippen LogP contribution >= 0.6 is 0 Å². The van der Waals surface area contributed by atoms with Gasteiger partial charge in [0, 0.05) is 74.3 Å². The molecule has 12 nitrogen and oxygen atoms in total. The average molecular weight is 615 g/mol. The smallest absolute Gasteiger partial charge is 0.286 e. The van der Waals surface area contributed by atoms with E-state index in [1.165, 1.54) is 61.1 Å². The Bertz CT molecular complexity index is 1950. The van der Waals surface area contributed by atoms with Crippen molar-refractivity contribution in [1.29, 1.82) is 0 Å². The summed E-state index contributed by atoms with van der Waals surface area (Å²) in [6.07, 6.45) is 4.04. The van der Waals surface area contributed by atoms with E-state index >= 15 is 4.39 Å². The number of amides is 2. The van der Waals surface area contributed by atoms with E-state index in [0.29, 0.717) is 30.2 Å². The predicted molar refractivity (Wildman–Crippen MR) is 161 cm³/mol. The van der Waals surface area contributed by atoms with E-state index in [2.05, 4.69) is 44.2 Å². The standard InChI is InChI=1S/C31H28F2N8O4/c1-18(2)39-13-15-40(16-14-39)30(43)26-25-24(9-10-35-28(25)38-37-26)45-23-8-5-20(17-22(23)33)36-29(42)27-31(44)41(12-11-34-27)21-6-3-19(32)4-7-21/h3-12,17-18H,13-16H2,1-2H3,(H,36,42)(H,35,37,38). The quantitative estimate of drug-likeness (QED) is 0.281. The van der Waals surface area contributed by atoms with Gasteiger partial charge in [0.2, 0.25) is 0 Å². The number of hydrogen-bond acceptors (Lipinski definition) is 8. The number of aromatic amines is 1. The maximum atomic E-state index is 15.3. The number of ether oxygens (including phenoxy) is 1. The minimum Gasteiger partial charge on any atom is -0.453 e. The molecular weight excluding hydrogens is 586 g/mol. The molecular formula is C31H28F2N8O4. The summed E-state index contributed by atoms with van der Waals surface area (Å²) in [5, 5.41) is 9.70. The van der Waals surface area contributed by atoms with Crippen LogP contribution in [0.3, 0.4) is 0 Å². The van der Waals surface area contributed by atoms with Crippen molar-refractivity contribution in [3.05, 3.63) is 100 Å². The number of nitrogens with one attached hydrogen (secondary N) is 2. The first-order chi connectivity index (χ1) is 21.7. The molecule has 45 heavy (non-hydrogen) atoms. The summed E-state index contributed by atoms with van der Waals surface area (Å²) < 4.78 is 35.6. The first kappa shape index (κ1) is 29.6. The minimum atomic E-state index is -0.865. The van der Waals surface area contributed by atoms with Gasteiger partial charge in [-0.25, -0.2) is 18.7 Å². The van der Waals surface area contributed by atoms with Crippen LogP contribution in [0.5, 0.6) is 11.5 Å². The molecule has 0 aliphatic carbocycles. The van der Waals surface area contributed by atoms with Crippen LogP contribution in [0.1, 0.15) is 34.8 Å². The average Bonchev–Trinajstić information content (AvgIpc) is 3.48. The van der Waals surface area contributed by atoms with Crippen molar-refractivity contribution in [3.8, 4) is 17.2 Å². The van der Waals surface area contributed by atoms with Crippen LogP contribution in [0.2, 0.25) is 0 Å². The topological polar surface area (TPSA) is 138 Å². The van der Waals surface area contributed by atoms with Crippen LogP contribution < -0.4 is 15.6 Å². The van der Waals surface area contributed by atoms with Gasteiger partial charge in [0.25, 0.3) is 17.4 Å². The van der Waals surface area contributed by atoms with Gasteiger partial charge in [0.1, 0.15) is 17.3 Å². The zero-order valence-electron chi connectivity index (χ0n) is 24.3. The molecule has 2 aromatic carbocycles. The Morgan fingerprint density at radius 3 is 2.42 bits per heavy atom. The molecule has 0 unspecified atom stereocenters. The van der Waals surface area contributed by atoms with Crippen LogP contribution in [-0.4, -0.2) is 78.6 Å². The number of piperazine rings is 1. The number of carbonyl (C=O) groups excluding carboxylic acids is 2. The molecule has 0 bridgehead atoms. The van der Waals surface area contributed by atoms with Crippen LogP contribution in [0.4, 0.5) is 14.5 Å². The van der Waals surface area contributed by atoms with Crippen molar-refractivity contribution in [1.82, 2.24) is 34.5 Å². The number of hydrogen-bond donors (Lipinski definition) is 2. The third-order valence-corrected chi connectivity index (χ3v) is 7.53. The molecule has 5 aromatic rings. The van der Waals surface area contributed by atoms with Gasteiger partial charge in [0.05, 0.1) is 5.39 Å². The molecule has 1 saturated heterocycles. The van der Waals surface area contributed by atoms with Crippen molar-refractivity contribution in [2.75, 3.05) is 31.5 Å². The van der Waals surface area contributed by atoms with Crippen molar-refractivity contribution in [3.63, 3.8) is 0 Å². The number of halogens is 2. The van der Waals surface area contributed by atoms with Gasteiger partial charge in [-0.3, -0.25) is 28.9 Å². The van der Waals surface area contributed by atoms with Gasteiger partial charge < -0.3 is 15.0 Å². The lowest BCUT2D eigenvalue weighted by Crippen LogP contribution is -2.50. The second-order valence-electron chi connectivity index (χ2n) is 10.7. The van der Waals surface area contributed by atoms with Crippen LogP contribution in [0.15, 0.2) is 71.9 Å². The first-order valence-electron chi connectivity index (χ1n) is 14.2. The summed E-state index contributed by atoms with van der Waals surface area (Å²) in [7, 11) is 0. The maximum absolute atomic E-state index is 15.3. The fourth-order valence-electron chi connectivity index (χ4n) is 5.10. The minimum absolute atomic E-state index is 0.0443. The monoisotopic (exact) mass is 614 g/mol. The summed E-state index contributed by atoms with van der Waals surface area (Å²) in [6.45, 7) is 6.82.